The SMILES string of the molecule is CCCc1nc(SCC(=O)N2N=C(c3ccc4ccccc4c3)C[C@@H]2c2ccc(OC)cc2)n[nH]1. The van der Waals surface area contributed by atoms with Crippen molar-refractivity contribution < 1.29 is 9.53 Å². The number of aryl methyl sites for hydroxylation is 1. The Bertz CT molecular complexity index is 1370. The van der Waals surface area contributed by atoms with Crippen LogP contribution in [-0.2, 0) is 11.2 Å². The third-order valence-electron chi connectivity index (χ3n) is 6.07. The molecule has 1 aliphatic heterocycles. The van der Waals surface area contributed by atoms with Gasteiger partial charge in [-0.1, -0.05) is 67.2 Å². The van der Waals surface area contributed by atoms with Gasteiger partial charge in [0.2, 0.25) is 5.16 Å². The van der Waals surface area contributed by atoms with E-state index in [9.17, 15) is 4.79 Å². The number of rotatable bonds is 8. The first-order valence-electron chi connectivity index (χ1n) is 11.7. The van der Waals surface area contributed by atoms with Gasteiger partial charge in [0.05, 0.1) is 24.6 Å². The molecule has 0 radical (unpaired) electrons. The number of methoxy groups -OCH3 is 1. The summed E-state index contributed by atoms with van der Waals surface area (Å²) < 4.78 is 5.31. The standard InChI is InChI=1S/C27H27N5O2S/c1-3-6-25-28-27(30-29-25)35-17-26(33)32-24(19-11-13-22(34-2)14-12-19)16-23(31-32)21-10-9-18-7-4-5-8-20(18)15-21/h4-5,7-15,24H,3,6,16-17H2,1-2H3,(H,28,29,30)/t24-/m1/s1. The van der Waals surface area contributed by atoms with E-state index in [-0.39, 0.29) is 17.7 Å². The van der Waals surface area contributed by atoms with Gasteiger partial charge in [0, 0.05) is 12.8 Å². The Hall–Kier alpha value is -3.65. The maximum absolute atomic E-state index is 13.4. The van der Waals surface area contributed by atoms with Gasteiger partial charge >= 0.3 is 0 Å². The van der Waals surface area contributed by atoms with Gasteiger partial charge in [-0.3, -0.25) is 9.89 Å². The number of carbonyl (C=O) groups excluding carboxylic acids is 1. The lowest BCUT2D eigenvalue weighted by atomic mass is 9.97. The van der Waals surface area contributed by atoms with E-state index in [0.29, 0.717) is 11.6 Å². The fourth-order valence-electron chi connectivity index (χ4n) is 4.25. The van der Waals surface area contributed by atoms with E-state index in [1.165, 1.54) is 17.1 Å². The molecule has 7 nitrogen and oxygen atoms in total. The van der Waals surface area contributed by atoms with Crippen molar-refractivity contribution in [2.24, 2.45) is 5.10 Å². The van der Waals surface area contributed by atoms with Crippen LogP contribution in [0.15, 0.2) is 77.0 Å². The number of carbonyl (C=O) groups is 1. The van der Waals surface area contributed by atoms with Crippen LogP contribution in [0.25, 0.3) is 10.8 Å². The number of aromatic nitrogens is 3. The molecule has 0 fully saturated rings. The van der Waals surface area contributed by atoms with Crippen molar-refractivity contribution in [3.05, 3.63) is 83.7 Å². The highest BCUT2D eigenvalue weighted by Crippen LogP contribution is 2.35. The van der Waals surface area contributed by atoms with Crippen LogP contribution in [0.1, 0.15) is 42.8 Å². The van der Waals surface area contributed by atoms with E-state index >= 15 is 0 Å². The van der Waals surface area contributed by atoms with Crippen molar-refractivity contribution >= 4 is 34.2 Å². The molecule has 178 valence electrons. The van der Waals surface area contributed by atoms with Crippen LogP contribution in [0.5, 0.6) is 5.75 Å². The molecule has 0 bridgehead atoms. The summed E-state index contributed by atoms with van der Waals surface area (Å²) in [6.07, 6.45) is 2.47. The summed E-state index contributed by atoms with van der Waals surface area (Å²) >= 11 is 1.33. The first-order chi connectivity index (χ1) is 17.1. The number of hydrazone groups is 1. The van der Waals surface area contributed by atoms with Crippen LogP contribution in [-0.4, -0.2) is 44.7 Å². The minimum Gasteiger partial charge on any atom is -0.497 e. The van der Waals surface area contributed by atoms with Crippen molar-refractivity contribution in [3.8, 4) is 5.75 Å². The first-order valence-corrected chi connectivity index (χ1v) is 12.7. The molecule has 0 spiro atoms. The van der Waals surface area contributed by atoms with Crippen molar-refractivity contribution in [3.63, 3.8) is 0 Å². The average Bonchev–Trinajstić information content (AvgIpc) is 3.55. The molecule has 5 rings (SSSR count). The van der Waals surface area contributed by atoms with Gasteiger partial charge in [-0.05, 0) is 46.5 Å². The highest BCUT2D eigenvalue weighted by atomic mass is 32.2. The molecule has 1 atom stereocenters. The molecule has 3 aromatic carbocycles. The van der Waals surface area contributed by atoms with Crippen molar-refractivity contribution in [2.75, 3.05) is 12.9 Å². The summed E-state index contributed by atoms with van der Waals surface area (Å²) in [5.74, 6) is 1.76. The molecular weight excluding hydrogens is 458 g/mol. The zero-order valence-corrected chi connectivity index (χ0v) is 20.6. The van der Waals surface area contributed by atoms with Crippen LogP contribution >= 0.6 is 11.8 Å². The molecule has 35 heavy (non-hydrogen) atoms. The highest BCUT2D eigenvalue weighted by molar-refractivity contribution is 7.99. The maximum Gasteiger partial charge on any atom is 0.253 e. The lowest BCUT2D eigenvalue weighted by Crippen LogP contribution is -2.28. The number of ether oxygens (including phenoxy) is 1. The Morgan fingerprint density at radius 1 is 1.11 bits per heavy atom. The second kappa shape index (κ2) is 10.3. The summed E-state index contributed by atoms with van der Waals surface area (Å²) in [5.41, 5.74) is 2.95. The minimum absolute atomic E-state index is 0.0755. The monoisotopic (exact) mass is 485 g/mol. The third-order valence-corrected chi connectivity index (χ3v) is 6.90. The summed E-state index contributed by atoms with van der Waals surface area (Å²) in [6.45, 7) is 2.09. The lowest BCUT2D eigenvalue weighted by Gasteiger charge is -2.22. The highest BCUT2D eigenvalue weighted by Gasteiger charge is 2.33. The van der Waals surface area contributed by atoms with E-state index in [1.54, 1.807) is 12.1 Å². The van der Waals surface area contributed by atoms with Gasteiger partial charge in [-0.25, -0.2) is 9.99 Å². The molecule has 0 saturated heterocycles. The Kier molecular flexibility index (Phi) is 6.81. The lowest BCUT2D eigenvalue weighted by molar-refractivity contribution is -0.130. The number of amides is 1. The van der Waals surface area contributed by atoms with E-state index < -0.39 is 0 Å². The van der Waals surface area contributed by atoms with Gasteiger partial charge in [0.25, 0.3) is 5.91 Å². The van der Waals surface area contributed by atoms with Crippen LogP contribution in [0.4, 0.5) is 0 Å². The normalized spacial score (nSPS) is 15.4. The molecule has 0 unspecified atom stereocenters. The van der Waals surface area contributed by atoms with E-state index in [2.05, 4.69) is 52.4 Å². The number of thioether (sulfide) groups is 1. The fourth-order valence-corrected chi connectivity index (χ4v) is 4.92. The van der Waals surface area contributed by atoms with Gasteiger partial charge in [-0.2, -0.15) is 5.10 Å². The van der Waals surface area contributed by atoms with Gasteiger partial charge < -0.3 is 4.74 Å². The third kappa shape index (κ3) is 5.07. The van der Waals surface area contributed by atoms with E-state index in [0.717, 1.165) is 46.6 Å². The summed E-state index contributed by atoms with van der Waals surface area (Å²) in [7, 11) is 1.65. The topological polar surface area (TPSA) is 83.5 Å². The molecule has 8 heteroatoms. The molecular formula is C27H27N5O2S. The number of hydrogen-bond acceptors (Lipinski definition) is 6. The van der Waals surface area contributed by atoms with Gasteiger partial charge in [-0.15, -0.1) is 5.10 Å². The zero-order chi connectivity index (χ0) is 24.2. The second-order valence-corrected chi connectivity index (χ2v) is 9.39. The number of hydrogen-bond donors (Lipinski definition) is 1. The Morgan fingerprint density at radius 2 is 1.91 bits per heavy atom. The molecule has 1 amide bonds. The van der Waals surface area contributed by atoms with Crippen molar-refractivity contribution in [1.29, 1.82) is 0 Å². The number of fused-ring (bicyclic) bond motifs is 1. The molecule has 2 heterocycles. The quantitative estimate of drug-likeness (QED) is 0.338. The largest absolute Gasteiger partial charge is 0.497 e. The molecule has 1 aromatic heterocycles. The molecule has 0 saturated carbocycles. The van der Waals surface area contributed by atoms with E-state index in [1.807, 2.05) is 36.4 Å². The van der Waals surface area contributed by atoms with Crippen molar-refractivity contribution in [2.45, 2.75) is 37.4 Å². The summed E-state index contributed by atoms with van der Waals surface area (Å²) in [4.78, 5) is 17.8. The fraction of sp³-hybridized carbons (Fsp3) is 0.259. The first kappa shape index (κ1) is 23.1. The number of nitrogens with one attached hydrogen (secondary N) is 1. The summed E-state index contributed by atoms with van der Waals surface area (Å²) in [5, 5.41) is 16.5. The molecule has 0 aliphatic carbocycles. The minimum atomic E-state index is -0.182. The Labute approximate surface area is 208 Å². The zero-order valence-electron chi connectivity index (χ0n) is 19.8. The molecule has 4 aromatic rings. The maximum atomic E-state index is 13.4. The predicted octanol–water partition coefficient (Wildman–Crippen LogP) is 5.39. The summed E-state index contributed by atoms with van der Waals surface area (Å²) in [6, 6.07) is 22.2. The van der Waals surface area contributed by atoms with Crippen LogP contribution in [0.3, 0.4) is 0 Å². The van der Waals surface area contributed by atoms with Gasteiger partial charge in [0.15, 0.2) is 0 Å². The van der Waals surface area contributed by atoms with E-state index in [4.69, 9.17) is 9.84 Å². The van der Waals surface area contributed by atoms with Crippen LogP contribution < -0.4 is 4.74 Å². The number of H-pyrrole nitrogens is 1. The number of aromatic amines is 1. The molecule has 1 aliphatic rings. The van der Waals surface area contributed by atoms with Crippen LogP contribution in [0, 0.1) is 0 Å². The Balaban J connectivity index is 1.40. The number of benzene rings is 3. The van der Waals surface area contributed by atoms with Crippen molar-refractivity contribution in [1.82, 2.24) is 20.2 Å². The van der Waals surface area contributed by atoms with Gasteiger partial charge in [0.1, 0.15) is 11.6 Å². The second-order valence-electron chi connectivity index (χ2n) is 8.44. The Morgan fingerprint density at radius 3 is 2.69 bits per heavy atom. The molecule has 1 N–H and O–H groups in total. The van der Waals surface area contributed by atoms with Crippen LogP contribution in [0.2, 0.25) is 0 Å². The average molecular weight is 486 g/mol. The number of nitrogens with zero attached hydrogens (tertiary/aromatic N) is 4. The smallest absolute Gasteiger partial charge is 0.253 e. The predicted molar refractivity (Wildman–Crippen MR) is 139 cm³/mol.